The van der Waals surface area contributed by atoms with Gasteiger partial charge in [-0.15, -0.1) is 0 Å². The summed E-state index contributed by atoms with van der Waals surface area (Å²) in [5.74, 6) is -0.774. The average Bonchev–Trinajstić information content (AvgIpc) is 2.62. The number of H-pyrrole nitrogens is 1. The number of aromatic hydroxyl groups is 1. The maximum atomic E-state index is 11.0. The number of hydrogen-bond donors (Lipinski definition) is 3. The standard InChI is InChI=1S/C12H13NO3/c1-6(2)7-3-4-9(14)10-8(12(15)16)5-13-11(7)10/h3-6,13-14H,1-2H3,(H,15,16). The molecule has 0 spiro atoms. The van der Waals surface area contributed by atoms with Gasteiger partial charge < -0.3 is 15.2 Å². The number of aromatic nitrogens is 1. The number of aromatic amines is 1. The number of carbonyl (C=O) groups is 1. The fraction of sp³-hybridized carbons (Fsp3) is 0.250. The van der Waals surface area contributed by atoms with E-state index in [1.165, 1.54) is 12.3 Å². The fourth-order valence-corrected chi connectivity index (χ4v) is 1.90. The lowest BCUT2D eigenvalue weighted by atomic mass is 9.99. The zero-order chi connectivity index (χ0) is 11.9. The molecule has 4 nitrogen and oxygen atoms in total. The first-order chi connectivity index (χ1) is 7.52. The maximum Gasteiger partial charge on any atom is 0.338 e. The van der Waals surface area contributed by atoms with E-state index >= 15 is 0 Å². The Labute approximate surface area is 92.5 Å². The van der Waals surface area contributed by atoms with Crippen LogP contribution in [0.25, 0.3) is 10.9 Å². The highest BCUT2D eigenvalue weighted by molar-refractivity contribution is 6.06. The summed E-state index contributed by atoms with van der Waals surface area (Å²) in [5, 5.41) is 19.1. The molecule has 0 amide bonds. The topological polar surface area (TPSA) is 73.3 Å². The van der Waals surface area contributed by atoms with Crippen LogP contribution in [0.1, 0.15) is 35.7 Å². The Morgan fingerprint density at radius 2 is 2.06 bits per heavy atom. The summed E-state index contributed by atoms with van der Waals surface area (Å²) in [5.41, 5.74) is 1.81. The molecule has 1 aromatic heterocycles. The van der Waals surface area contributed by atoms with Crippen molar-refractivity contribution in [2.75, 3.05) is 0 Å². The summed E-state index contributed by atoms with van der Waals surface area (Å²) >= 11 is 0. The normalized spacial score (nSPS) is 11.2. The third-order valence-electron chi connectivity index (χ3n) is 2.70. The smallest absolute Gasteiger partial charge is 0.338 e. The SMILES string of the molecule is CC(C)c1ccc(O)c2c(C(=O)O)c[nH]c12. The van der Waals surface area contributed by atoms with Crippen LogP contribution in [-0.2, 0) is 0 Å². The summed E-state index contributed by atoms with van der Waals surface area (Å²) in [7, 11) is 0. The molecular weight excluding hydrogens is 206 g/mol. The first-order valence-corrected chi connectivity index (χ1v) is 5.08. The molecule has 0 aliphatic carbocycles. The molecule has 0 fully saturated rings. The molecule has 0 atom stereocenters. The van der Waals surface area contributed by atoms with Crippen LogP contribution in [0.2, 0.25) is 0 Å². The number of carboxylic acid groups (broad SMARTS) is 1. The van der Waals surface area contributed by atoms with E-state index in [1.54, 1.807) is 0 Å². The number of phenolic OH excluding ortho intramolecular Hbond substituents is 1. The Morgan fingerprint density at radius 1 is 1.38 bits per heavy atom. The van der Waals surface area contributed by atoms with E-state index in [1.807, 2.05) is 19.9 Å². The van der Waals surface area contributed by atoms with Gasteiger partial charge in [0, 0.05) is 6.20 Å². The molecule has 84 valence electrons. The zero-order valence-corrected chi connectivity index (χ0v) is 9.11. The lowest BCUT2D eigenvalue weighted by molar-refractivity contribution is 0.0699. The highest BCUT2D eigenvalue weighted by Gasteiger charge is 2.17. The van der Waals surface area contributed by atoms with Crippen LogP contribution in [0, 0.1) is 0 Å². The van der Waals surface area contributed by atoms with Crippen LogP contribution in [0.4, 0.5) is 0 Å². The number of hydrogen-bond acceptors (Lipinski definition) is 2. The number of nitrogens with one attached hydrogen (secondary N) is 1. The second-order valence-corrected chi connectivity index (χ2v) is 4.09. The predicted octanol–water partition coefficient (Wildman–Crippen LogP) is 2.70. The molecule has 0 radical (unpaired) electrons. The van der Waals surface area contributed by atoms with Crippen molar-refractivity contribution in [1.29, 1.82) is 0 Å². The number of phenols is 1. The van der Waals surface area contributed by atoms with Crippen molar-refractivity contribution < 1.29 is 15.0 Å². The molecule has 0 aliphatic heterocycles. The van der Waals surface area contributed by atoms with Crippen LogP contribution in [0.15, 0.2) is 18.3 Å². The van der Waals surface area contributed by atoms with Gasteiger partial charge in [-0.05, 0) is 17.5 Å². The second kappa shape index (κ2) is 3.56. The van der Waals surface area contributed by atoms with Gasteiger partial charge in [0.2, 0.25) is 0 Å². The van der Waals surface area contributed by atoms with E-state index in [4.69, 9.17) is 5.11 Å². The van der Waals surface area contributed by atoms with Gasteiger partial charge in [0.1, 0.15) is 5.75 Å². The van der Waals surface area contributed by atoms with Gasteiger partial charge in [0.15, 0.2) is 0 Å². The van der Waals surface area contributed by atoms with Gasteiger partial charge in [0.05, 0.1) is 16.5 Å². The minimum atomic E-state index is -1.04. The summed E-state index contributed by atoms with van der Waals surface area (Å²) < 4.78 is 0. The van der Waals surface area contributed by atoms with Crippen LogP contribution in [0.5, 0.6) is 5.75 Å². The molecule has 0 bridgehead atoms. The van der Waals surface area contributed by atoms with E-state index < -0.39 is 5.97 Å². The minimum absolute atomic E-state index is 0.00181. The van der Waals surface area contributed by atoms with Crippen molar-refractivity contribution >= 4 is 16.9 Å². The van der Waals surface area contributed by atoms with Crippen molar-refractivity contribution in [3.63, 3.8) is 0 Å². The average molecular weight is 219 g/mol. The van der Waals surface area contributed by atoms with Crippen molar-refractivity contribution in [3.8, 4) is 5.75 Å². The number of rotatable bonds is 2. The van der Waals surface area contributed by atoms with Gasteiger partial charge in [-0.1, -0.05) is 19.9 Å². The third kappa shape index (κ3) is 1.43. The first-order valence-electron chi connectivity index (χ1n) is 5.08. The molecule has 0 unspecified atom stereocenters. The first kappa shape index (κ1) is 10.5. The molecule has 1 aromatic carbocycles. The van der Waals surface area contributed by atoms with Crippen LogP contribution < -0.4 is 0 Å². The molecule has 2 aromatic rings. The monoisotopic (exact) mass is 219 g/mol. The van der Waals surface area contributed by atoms with Gasteiger partial charge >= 0.3 is 5.97 Å². The Morgan fingerprint density at radius 3 is 2.62 bits per heavy atom. The lowest BCUT2D eigenvalue weighted by Gasteiger charge is -2.08. The van der Waals surface area contributed by atoms with E-state index in [2.05, 4.69) is 4.98 Å². The van der Waals surface area contributed by atoms with E-state index in [0.717, 1.165) is 5.56 Å². The molecule has 0 saturated heterocycles. The summed E-state index contributed by atoms with van der Waals surface area (Å²) in [6.45, 7) is 4.04. The van der Waals surface area contributed by atoms with E-state index in [9.17, 15) is 9.90 Å². The highest BCUT2D eigenvalue weighted by atomic mass is 16.4. The van der Waals surface area contributed by atoms with E-state index in [-0.39, 0.29) is 17.2 Å². The Kier molecular flexibility index (Phi) is 2.34. The second-order valence-electron chi connectivity index (χ2n) is 4.09. The molecule has 16 heavy (non-hydrogen) atoms. The summed E-state index contributed by atoms with van der Waals surface area (Å²) in [6.07, 6.45) is 1.42. The predicted molar refractivity (Wildman–Crippen MR) is 61.0 cm³/mol. The van der Waals surface area contributed by atoms with E-state index in [0.29, 0.717) is 10.9 Å². The minimum Gasteiger partial charge on any atom is -0.507 e. The molecule has 2 rings (SSSR count). The van der Waals surface area contributed by atoms with Crippen LogP contribution in [0.3, 0.4) is 0 Å². The number of fused-ring (bicyclic) bond motifs is 1. The quantitative estimate of drug-likeness (QED) is 0.727. The van der Waals surface area contributed by atoms with Crippen molar-refractivity contribution in [2.24, 2.45) is 0 Å². The summed E-state index contributed by atoms with van der Waals surface area (Å²) in [4.78, 5) is 13.9. The van der Waals surface area contributed by atoms with Crippen molar-refractivity contribution in [3.05, 3.63) is 29.5 Å². The molecule has 4 heteroatoms. The van der Waals surface area contributed by atoms with Crippen molar-refractivity contribution in [2.45, 2.75) is 19.8 Å². The van der Waals surface area contributed by atoms with Gasteiger partial charge in [-0.25, -0.2) is 4.79 Å². The summed E-state index contributed by atoms with van der Waals surface area (Å²) in [6, 6.07) is 3.35. The fourth-order valence-electron chi connectivity index (χ4n) is 1.90. The van der Waals surface area contributed by atoms with Crippen LogP contribution in [-0.4, -0.2) is 21.2 Å². The largest absolute Gasteiger partial charge is 0.507 e. The number of aromatic carboxylic acids is 1. The van der Waals surface area contributed by atoms with Crippen molar-refractivity contribution in [1.82, 2.24) is 4.98 Å². The highest BCUT2D eigenvalue weighted by Crippen LogP contribution is 2.33. The van der Waals surface area contributed by atoms with Gasteiger partial charge in [-0.2, -0.15) is 0 Å². The van der Waals surface area contributed by atoms with Crippen LogP contribution >= 0.6 is 0 Å². The Bertz CT molecular complexity index is 555. The Balaban J connectivity index is 2.83. The van der Waals surface area contributed by atoms with Gasteiger partial charge in [-0.3, -0.25) is 0 Å². The molecule has 0 aliphatic rings. The Hall–Kier alpha value is -1.97. The molecule has 1 heterocycles. The van der Waals surface area contributed by atoms with Gasteiger partial charge in [0.25, 0.3) is 0 Å². The zero-order valence-electron chi connectivity index (χ0n) is 9.11. The molecular formula is C12H13NO3. The maximum absolute atomic E-state index is 11.0. The molecule has 0 saturated carbocycles. The third-order valence-corrected chi connectivity index (χ3v) is 2.70. The number of benzene rings is 1. The number of carboxylic acids is 1. The molecule has 3 N–H and O–H groups in total. The lowest BCUT2D eigenvalue weighted by Crippen LogP contribution is -1.95.